The van der Waals surface area contributed by atoms with Crippen LogP contribution >= 0.6 is 0 Å². The molecule has 0 radical (unpaired) electrons. The minimum atomic E-state index is -0.401. The van der Waals surface area contributed by atoms with E-state index in [1.807, 2.05) is 0 Å². The minimum absolute atomic E-state index is 0.0747. The molecule has 0 heterocycles. The zero-order valence-electron chi connectivity index (χ0n) is 6.79. The van der Waals surface area contributed by atoms with Crippen molar-refractivity contribution in [3.8, 4) is 0 Å². The quantitative estimate of drug-likeness (QED) is 0.366. The Balaban J connectivity index is 1.89. The number of rotatable bonds is 2. The lowest BCUT2D eigenvalue weighted by Gasteiger charge is -2.13. The van der Waals surface area contributed by atoms with Crippen molar-refractivity contribution in [3.05, 3.63) is 0 Å². The van der Waals surface area contributed by atoms with Gasteiger partial charge in [0.05, 0.1) is 0 Å². The van der Waals surface area contributed by atoms with Gasteiger partial charge in [-0.05, 0) is 31.6 Å². The van der Waals surface area contributed by atoms with E-state index in [0.29, 0.717) is 5.92 Å². The number of carbonyl (C=O) groups excluding carboxylic acids is 1. The van der Waals surface area contributed by atoms with Gasteiger partial charge in [-0.25, -0.2) is 4.79 Å². The second kappa shape index (κ2) is 2.43. The molecular weight excluding hydrogens is 156 g/mol. The van der Waals surface area contributed by atoms with Crippen LogP contribution in [-0.4, -0.2) is 11.6 Å². The normalized spacial score (nSPS) is 25.7. The van der Waals surface area contributed by atoms with Crippen LogP contribution in [0, 0.1) is 5.92 Å². The summed E-state index contributed by atoms with van der Waals surface area (Å²) in [5.41, 5.74) is 0.0747. The fourth-order valence-corrected chi connectivity index (χ4v) is 1.70. The molecule has 5 nitrogen and oxygen atoms in total. The summed E-state index contributed by atoms with van der Waals surface area (Å²) in [5.74, 6) is 5.45. The topological polar surface area (TPSA) is 79.8 Å². The molecule has 0 aromatic rings. The van der Waals surface area contributed by atoms with Gasteiger partial charge in [0.25, 0.3) is 0 Å². The maximum atomic E-state index is 11.0. The van der Waals surface area contributed by atoms with Gasteiger partial charge in [0.1, 0.15) is 0 Å². The van der Waals surface area contributed by atoms with Gasteiger partial charge in [0.15, 0.2) is 0 Å². The Morgan fingerprint density at radius 2 is 2.17 bits per heavy atom. The van der Waals surface area contributed by atoms with Gasteiger partial charge in [-0.2, -0.15) is 0 Å². The van der Waals surface area contributed by atoms with E-state index in [-0.39, 0.29) is 5.54 Å². The molecular formula is C7H12N4O. The number of hydrogen-bond donors (Lipinski definition) is 2. The van der Waals surface area contributed by atoms with E-state index in [1.54, 1.807) is 0 Å². The molecule has 2 saturated carbocycles. The highest BCUT2D eigenvalue weighted by atomic mass is 16.2. The molecule has 0 aromatic heterocycles. The van der Waals surface area contributed by atoms with E-state index in [1.165, 1.54) is 12.8 Å². The van der Waals surface area contributed by atoms with Gasteiger partial charge < -0.3 is 11.2 Å². The zero-order valence-corrected chi connectivity index (χ0v) is 6.79. The fourth-order valence-electron chi connectivity index (χ4n) is 1.70. The summed E-state index contributed by atoms with van der Waals surface area (Å²) in [4.78, 5) is 11.0. The van der Waals surface area contributed by atoms with Crippen molar-refractivity contribution in [1.29, 1.82) is 0 Å². The summed E-state index contributed by atoms with van der Waals surface area (Å²) < 4.78 is 0. The van der Waals surface area contributed by atoms with Crippen LogP contribution < -0.4 is 11.2 Å². The molecule has 12 heavy (non-hydrogen) atoms. The molecule has 2 amide bonds. The van der Waals surface area contributed by atoms with Crippen LogP contribution in [0.3, 0.4) is 0 Å². The number of hydrogen-bond acceptors (Lipinski definition) is 2. The standard InChI is InChI=1S/C7H12N4O/c8-11-10-6(12)9-7(3-4-7)5-1-2-5/h5H,1-4H2,(H3,8,9,10,12). The predicted molar refractivity (Wildman–Crippen MR) is 42.3 cm³/mol. The summed E-state index contributed by atoms with van der Waals surface area (Å²) in [6, 6.07) is -0.401. The Bertz CT molecular complexity index is 230. The summed E-state index contributed by atoms with van der Waals surface area (Å²) in [7, 11) is 0. The van der Waals surface area contributed by atoms with E-state index in [4.69, 9.17) is 5.84 Å². The number of nitrogens with one attached hydrogen (secondary N) is 1. The molecule has 0 aliphatic heterocycles. The van der Waals surface area contributed by atoms with Crippen LogP contribution in [0.15, 0.2) is 10.3 Å². The third kappa shape index (κ3) is 1.26. The number of nitrogens with zero attached hydrogens (tertiary/aromatic N) is 2. The molecule has 66 valence electrons. The summed E-state index contributed by atoms with van der Waals surface area (Å²) in [6.07, 6.45) is 4.65. The molecule has 3 N–H and O–H groups in total. The lowest BCUT2D eigenvalue weighted by Crippen LogP contribution is -2.36. The molecule has 0 spiro atoms. The maximum Gasteiger partial charge on any atom is 0.361 e. The third-order valence-corrected chi connectivity index (χ3v) is 2.65. The van der Waals surface area contributed by atoms with Gasteiger partial charge in [0.2, 0.25) is 0 Å². The number of carbonyl (C=O) groups is 1. The number of nitrogens with two attached hydrogens (primary N) is 1. The molecule has 5 heteroatoms. The second-order valence-corrected chi connectivity index (χ2v) is 3.58. The average molecular weight is 168 g/mol. The molecule has 0 aromatic carbocycles. The Kier molecular flexibility index (Phi) is 1.52. The van der Waals surface area contributed by atoms with Crippen LogP contribution in [0.2, 0.25) is 0 Å². The number of urea groups is 1. The first-order valence-electron chi connectivity index (χ1n) is 4.20. The molecule has 2 fully saturated rings. The highest BCUT2D eigenvalue weighted by Gasteiger charge is 2.54. The smallest absolute Gasteiger partial charge is 0.329 e. The molecule has 0 unspecified atom stereocenters. The largest absolute Gasteiger partial charge is 0.361 e. The van der Waals surface area contributed by atoms with Crippen LogP contribution in [0.5, 0.6) is 0 Å². The fraction of sp³-hybridized carbons (Fsp3) is 0.857. The monoisotopic (exact) mass is 168 g/mol. The molecule has 2 aliphatic carbocycles. The lowest BCUT2D eigenvalue weighted by atomic mass is 10.1. The van der Waals surface area contributed by atoms with Crippen molar-refractivity contribution < 1.29 is 4.79 Å². The van der Waals surface area contributed by atoms with Crippen molar-refractivity contribution in [3.63, 3.8) is 0 Å². The summed E-state index contributed by atoms with van der Waals surface area (Å²) in [5, 5.41) is 9.00. The highest BCUT2D eigenvalue weighted by Crippen LogP contribution is 2.53. The summed E-state index contributed by atoms with van der Waals surface area (Å²) >= 11 is 0. The van der Waals surface area contributed by atoms with Gasteiger partial charge in [-0.3, -0.25) is 0 Å². The Morgan fingerprint density at radius 3 is 2.58 bits per heavy atom. The first kappa shape index (κ1) is 7.52. The molecule has 2 aliphatic rings. The molecule has 2 rings (SSSR count). The average Bonchev–Trinajstić information content (AvgIpc) is 2.82. The van der Waals surface area contributed by atoms with Crippen molar-refractivity contribution in [2.24, 2.45) is 22.1 Å². The van der Waals surface area contributed by atoms with Crippen molar-refractivity contribution in [2.45, 2.75) is 31.2 Å². The van der Waals surface area contributed by atoms with Crippen molar-refractivity contribution >= 4 is 6.03 Å². The van der Waals surface area contributed by atoms with Gasteiger partial charge in [-0.1, -0.05) is 10.3 Å². The highest BCUT2D eigenvalue weighted by molar-refractivity contribution is 5.75. The summed E-state index contributed by atoms with van der Waals surface area (Å²) in [6.45, 7) is 0. The van der Waals surface area contributed by atoms with Crippen LogP contribution in [0.4, 0.5) is 4.79 Å². The third-order valence-electron chi connectivity index (χ3n) is 2.65. The van der Waals surface area contributed by atoms with E-state index in [9.17, 15) is 4.79 Å². The van der Waals surface area contributed by atoms with Crippen LogP contribution in [0.25, 0.3) is 0 Å². The molecule has 0 saturated heterocycles. The van der Waals surface area contributed by atoms with E-state index in [0.717, 1.165) is 12.8 Å². The van der Waals surface area contributed by atoms with Crippen LogP contribution in [-0.2, 0) is 0 Å². The van der Waals surface area contributed by atoms with E-state index in [2.05, 4.69) is 15.7 Å². The SMILES string of the molecule is N/N=N\C(=O)NC1(C2CC2)CC1. The Morgan fingerprint density at radius 1 is 1.50 bits per heavy atom. The van der Waals surface area contributed by atoms with Crippen LogP contribution in [0.1, 0.15) is 25.7 Å². The van der Waals surface area contributed by atoms with Crippen molar-refractivity contribution in [2.75, 3.05) is 0 Å². The maximum absolute atomic E-state index is 11.0. The van der Waals surface area contributed by atoms with Gasteiger partial charge >= 0.3 is 6.03 Å². The number of amides is 2. The van der Waals surface area contributed by atoms with Crippen molar-refractivity contribution in [1.82, 2.24) is 5.32 Å². The lowest BCUT2D eigenvalue weighted by molar-refractivity contribution is 0.240. The van der Waals surface area contributed by atoms with Gasteiger partial charge in [-0.15, -0.1) is 0 Å². The molecule has 0 bridgehead atoms. The second-order valence-electron chi connectivity index (χ2n) is 3.58. The first-order valence-corrected chi connectivity index (χ1v) is 4.20. The Hall–Kier alpha value is -1.13. The predicted octanol–water partition coefficient (Wildman–Crippen LogP) is 0.964. The van der Waals surface area contributed by atoms with E-state index < -0.39 is 6.03 Å². The first-order chi connectivity index (χ1) is 5.77. The molecule has 0 atom stereocenters. The minimum Gasteiger partial charge on any atom is -0.329 e. The zero-order chi connectivity index (χ0) is 8.60. The van der Waals surface area contributed by atoms with E-state index >= 15 is 0 Å². The van der Waals surface area contributed by atoms with Gasteiger partial charge in [0, 0.05) is 5.54 Å². The Labute approximate surface area is 70.4 Å².